The molecule has 0 fully saturated rings. The second-order valence-corrected chi connectivity index (χ2v) is 6.25. The summed E-state index contributed by atoms with van der Waals surface area (Å²) in [4.78, 5) is 42.0. The summed E-state index contributed by atoms with van der Waals surface area (Å²) in [6.07, 6.45) is 0. The highest BCUT2D eigenvalue weighted by Gasteiger charge is 2.30. The average Bonchev–Trinajstić information content (AvgIpc) is 2.95. The van der Waals surface area contributed by atoms with Gasteiger partial charge in [0, 0.05) is 23.4 Å². The molecule has 27 heavy (non-hydrogen) atoms. The third-order valence-electron chi connectivity index (χ3n) is 4.61. The third kappa shape index (κ3) is 3.92. The Morgan fingerprint density at radius 3 is 2.30 bits per heavy atom. The number of likely N-dealkylation sites (N-methyl/N-ethyl adjacent to an activating group) is 1. The van der Waals surface area contributed by atoms with Crippen molar-refractivity contribution >= 4 is 17.7 Å². The minimum atomic E-state index is -0.758. The summed E-state index contributed by atoms with van der Waals surface area (Å²) >= 11 is 0. The molecule has 2 rings (SSSR count). The maximum atomic E-state index is 13.1. The number of ether oxygens (including phenoxy) is 1. The van der Waals surface area contributed by atoms with Crippen LogP contribution in [0, 0.1) is 19.7 Å². The van der Waals surface area contributed by atoms with Gasteiger partial charge in [0.05, 0.1) is 13.2 Å². The van der Waals surface area contributed by atoms with Crippen LogP contribution in [-0.4, -0.2) is 47.2 Å². The van der Waals surface area contributed by atoms with Gasteiger partial charge >= 0.3 is 5.97 Å². The Labute approximate surface area is 157 Å². The molecule has 1 aromatic carbocycles. The Morgan fingerprint density at radius 2 is 1.78 bits per heavy atom. The molecule has 0 saturated heterocycles. The molecule has 1 atom stereocenters. The number of nitrogens with one attached hydrogen (secondary N) is 1. The molecule has 144 valence electrons. The lowest BCUT2D eigenvalue weighted by atomic mass is 9.99. The van der Waals surface area contributed by atoms with Crippen molar-refractivity contribution in [1.82, 2.24) is 9.88 Å². The lowest BCUT2D eigenvalue weighted by molar-refractivity contribution is 0.0593. The molecule has 0 aliphatic heterocycles. The number of amides is 1. The highest BCUT2D eigenvalue weighted by Crippen LogP contribution is 2.22. The highest BCUT2D eigenvalue weighted by molar-refractivity contribution is 6.07. The Morgan fingerprint density at radius 1 is 1.19 bits per heavy atom. The van der Waals surface area contributed by atoms with Gasteiger partial charge in [-0.25, -0.2) is 9.18 Å². The van der Waals surface area contributed by atoms with Gasteiger partial charge in [0.25, 0.3) is 5.91 Å². The molecule has 0 saturated carbocycles. The van der Waals surface area contributed by atoms with E-state index in [4.69, 9.17) is 4.74 Å². The van der Waals surface area contributed by atoms with Crippen LogP contribution in [0.15, 0.2) is 24.3 Å². The molecular formula is C20H23FN2O4. The van der Waals surface area contributed by atoms with Gasteiger partial charge in [0.15, 0.2) is 5.78 Å². The van der Waals surface area contributed by atoms with E-state index < -0.39 is 17.8 Å². The SMILES string of the molecule is CCN(C(=O)c1ccc(F)cc1)C(C)C(=O)c1c(C)[nH]c(C(=O)OC)c1C. The molecule has 0 radical (unpaired) electrons. The minimum Gasteiger partial charge on any atom is -0.464 e. The Balaban J connectivity index is 2.34. The maximum Gasteiger partial charge on any atom is 0.354 e. The van der Waals surface area contributed by atoms with Gasteiger partial charge in [0.1, 0.15) is 11.5 Å². The zero-order valence-electron chi connectivity index (χ0n) is 16.1. The number of hydrogen-bond donors (Lipinski definition) is 1. The predicted molar refractivity (Wildman–Crippen MR) is 98.5 cm³/mol. The second kappa shape index (κ2) is 8.16. The number of carbonyl (C=O) groups is 3. The molecule has 0 aliphatic rings. The van der Waals surface area contributed by atoms with Crippen molar-refractivity contribution in [3.05, 3.63) is 58.2 Å². The summed E-state index contributed by atoms with van der Waals surface area (Å²) < 4.78 is 17.8. The number of benzene rings is 1. The number of H-pyrrole nitrogens is 1. The highest BCUT2D eigenvalue weighted by atomic mass is 19.1. The van der Waals surface area contributed by atoms with Crippen molar-refractivity contribution in [2.24, 2.45) is 0 Å². The maximum absolute atomic E-state index is 13.1. The summed E-state index contributed by atoms with van der Waals surface area (Å²) in [7, 11) is 1.27. The van der Waals surface area contributed by atoms with E-state index in [-0.39, 0.29) is 17.4 Å². The molecule has 2 aromatic rings. The van der Waals surface area contributed by atoms with Crippen molar-refractivity contribution in [3.8, 4) is 0 Å². The molecule has 1 unspecified atom stereocenters. The van der Waals surface area contributed by atoms with E-state index in [1.54, 1.807) is 27.7 Å². The van der Waals surface area contributed by atoms with E-state index in [0.29, 0.717) is 28.9 Å². The standard InChI is InChI=1S/C20H23FN2O4/c1-6-23(19(25)14-7-9-15(21)10-8-14)13(4)18(24)16-11(2)17(20(26)27-5)22-12(16)3/h7-10,13,22H,6H2,1-5H3. The molecule has 1 heterocycles. The number of aryl methyl sites for hydroxylation is 1. The number of ketones is 1. The first-order valence-corrected chi connectivity index (χ1v) is 8.61. The van der Waals surface area contributed by atoms with Gasteiger partial charge in [-0.2, -0.15) is 0 Å². The van der Waals surface area contributed by atoms with Crippen molar-refractivity contribution in [2.75, 3.05) is 13.7 Å². The van der Waals surface area contributed by atoms with Crippen LogP contribution in [0.1, 0.15) is 56.3 Å². The topological polar surface area (TPSA) is 79.5 Å². The molecular weight excluding hydrogens is 351 g/mol. The zero-order valence-corrected chi connectivity index (χ0v) is 16.1. The van der Waals surface area contributed by atoms with Crippen LogP contribution in [0.25, 0.3) is 0 Å². The predicted octanol–water partition coefficient (Wildman–Crippen LogP) is 3.29. The minimum absolute atomic E-state index is 0.221. The second-order valence-electron chi connectivity index (χ2n) is 6.25. The van der Waals surface area contributed by atoms with E-state index in [0.717, 1.165) is 0 Å². The van der Waals surface area contributed by atoms with Gasteiger partial charge < -0.3 is 14.6 Å². The first-order valence-electron chi connectivity index (χ1n) is 8.61. The third-order valence-corrected chi connectivity index (χ3v) is 4.61. The van der Waals surface area contributed by atoms with Crippen molar-refractivity contribution < 1.29 is 23.5 Å². The van der Waals surface area contributed by atoms with E-state index in [9.17, 15) is 18.8 Å². The number of Topliss-reactive ketones (excluding diaryl/α,β-unsaturated/α-hetero) is 1. The van der Waals surface area contributed by atoms with Gasteiger partial charge in [-0.3, -0.25) is 9.59 Å². The summed E-state index contributed by atoms with van der Waals surface area (Å²) in [6.45, 7) is 7.06. The number of aromatic amines is 1. The van der Waals surface area contributed by atoms with Crippen molar-refractivity contribution in [2.45, 2.75) is 33.7 Å². The molecule has 0 spiro atoms. The number of esters is 1. The number of aromatic nitrogens is 1. The number of carbonyl (C=O) groups excluding carboxylic acids is 3. The van der Waals surface area contributed by atoms with Gasteiger partial charge in [0.2, 0.25) is 0 Å². The fraction of sp³-hybridized carbons (Fsp3) is 0.350. The average molecular weight is 374 g/mol. The Hall–Kier alpha value is -2.96. The fourth-order valence-corrected chi connectivity index (χ4v) is 3.13. The van der Waals surface area contributed by atoms with Crippen LogP contribution < -0.4 is 0 Å². The number of methoxy groups -OCH3 is 1. The van der Waals surface area contributed by atoms with Crippen LogP contribution in [0.2, 0.25) is 0 Å². The summed E-state index contributed by atoms with van der Waals surface area (Å²) in [5.41, 5.74) is 1.92. The van der Waals surface area contributed by atoms with Crippen LogP contribution in [-0.2, 0) is 4.74 Å². The van der Waals surface area contributed by atoms with Gasteiger partial charge in [-0.1, -0.05) is 0 Å². The Kier molecular flexibility index (Phi) is 6.15. The van der Waals surface area contributed by atoms with Crippen LogP contribution in [0.3, 0.4) is 0 Å². The molecule has 0 bridgehead atoms. The summed E-state index contributed by atoms with van der Waals surface area (Å²) in [6, 6.07) is 4.43. The largest absolute Gasteiger partial charge is 0.464 e. The normalized spacial score (nSPS) is 11.8. The van der Waals surface area contributed by atoms with Gasteiger partial charge in [-0.15, -0.1) is 0 Å². The first-order chi connectivity index (χ1) is 12.7. The van der Waals surface area contributed by atoms with Crippen LogP contribution in [0.5, 0.6) is 0 Å². The lowest BCUT2D eigenvalue weighted by Gasteiger charge is -2.27. The van der Waals surface area contributed by atoms with E-state index in [2.05, 4.69) is 4.98 Å². The quantitative estimate of drug-likeness (QED) is 0.622. The van der Waals surface area contributed by atoms with Crippen LogP contribution >= 0.6 is 0 Å². The number of halogens is 1. The van der Waals surface area contributed by atoms with Crippen LogP contribution in [0.4, 0.5) is 4.39 Å². The molecule has 1 N–H and O–H groups in total. The molecule has 6 nitrogen and oxygen atoms in total. The molecule has 7 heteroatoms. The molecule has 0 aliphatic carbocycles. The van der Waals surface area contributed by atoms with E-state index in [1.807, 2.05) is 0 Å². The fourth-order valence-electron chi connectivity index (χ4n) is 3.13. The summed E-state index contributed by atoms with van der Waals surface area (Å²) in [5, 5.41) is 0. The number of rotatable bonds is 6. The zero-order chi connectivity index (χ0) is 20.3. The first kappa shape index (κ1) is 20.4. The van der Waals surface area contributed by atoms with Crippen molar-refractivity contribution in [3.63, 3.8) is 0 Å². The summed E-state index contributed by atoms with van der Waals surface area (Å²) in [5.74, 6) is -1.64. The molecule has 1 aromatic heterocycles. The van der Waals surface area contributed by atoms with Crippen molar-refractivity contribution in [1.29, 1.82) is 0 Å². The Bertz CT molecular complexity index is 871. The van der Waals surface area contributed by atoms with E-state index >= 15 is 0 Å². The lowest BCUT2D eigenvalue weighted by Crippen LogP contribution is -2.43. The molecule has 1 amide bonds. The smallest absolute Gasteiger partial charge is 0.354 e. The van der Waals surface area contributed by atoms with E-state index in [1.165, 1.54) is 36.3 Å². The number of hydrogen-bond acceptors (Lipinski definition) is 4. The van der Waals surface area contributed by atoms with Gasteiger partial charge in [-0.05, 0) is 57.5 Å². The monoisotopic (exact) mass is 374 g/mol. The number of nitrogens with zero attached hydrogens (tertiary/aromatic N) is 1.